The van der Waals surface area contributed by atoms with Gasteiger partial charge in [0.25, 0.3) is 0 Å². The molecule has 1 heterocycles. The molecule has 0 spiro atoms. The molecule has 0 radical (unpaired) electrons. The topological polar surface area (TPSA) is 131 Å². The molecule has 1 aromatic heterocycles. The molecule has 0 unspecified atom stereocenters. The second-order valence-electron chi connectivity index (χ2n) is 10.2. The zero-order valence-electron chi connectivity index (χ0n) is 22.8. The molecule has 7 nitrogen and oxygen atoms in total. The Hall–Kier alpha value is -3.97. The lowest BCUT2D eigenvalue weighted by atomic mass is 9.95. The van der Waals surface area contributed by atoms with Crippen molar-refractivity contribution in [2.45, 2.75) is 60.8 Å². The highest BCUT2D eigenvalue weighted by Gasteiger charge is 2.25. The van der Waals surface area contributed by atoms with E-state index in [9.17, 15) is 30.3 Å². The highest BCUT2D eigenvalue weighted by molar-refractivity contribution is 5.99. The van der Waals surface area contributed by atoms with Crippen molar-refractivity contribution in [2.75, 3.05) is 6.61 Å². The lowest BCUT2D eigenvalue weighted by molar-refractivity contribution is 0.331. The number of benzene rings is 2. The minimum Gasteiger partial charge on any atom is -0.507 e. The number of hydrogen-bond acceptors (Lipinski definition) is 7. The predicted octanol–water partition coefficient (Wildman–Crippen LogP) is 6.21. The van der Waals surface area contributed by atoms with Crippen molar-refractivity contribution >= 4 is 21.9 Å². The molecule has 0 bridgehead atoms. The number of aromatic hydroxyl groups is 4. The standard InChI is InChI=1S/C31H36O7/c1-16(2)7-11-22-26(34)21(12-9-18(5)13-17(3)4)27(35)24-28(36)23-14-20(10-8-19(6)15-32)25(33)29(37)31(23)38-30(22)24/h7-9,13-14,32-35,37H,10-12,15H2,1-6H3/b18-9+,19-8+. The summed E-state index contributed by atoms with van der Waals surface area (Å²) in [7, 11) is 0. The second-order valence-corrected chi connectivity index (χ2v) is 10.2. The van der Waals surface area contributed by atoms with Gasteiger partial charge in [0.05, 0.1) is 12.0 Å². The summed E-state index contributed by atoms with van der Waals surface area (Å²) in [4.78, 5) is 13.8. The van der Waals surface area contributed by atoms with E-state index in [1.54, 1.807) is 13.0 Å². The van der Waals surface area contributed by atoms with Gasteiger partial charge in [0.1, 0.15) is 22.5 Å². The highest BCUT2D eigenvalue weighted by Crippen LogP contribution is 2.43. The van der Waals surface area contributed by atoms with Gasteiger partial charge in [0.15, 0.2) is 11.3 Å². The Balaban J connectivity index is 2.41. The van der Waals surface area contributed by atoms with Gasteiger partial charge in [-0.15, -0.1) is 0 Å². The first-order chi connectivity index (χ1) is 17.9. The Morgan fingerprint density at radius 2 is 1.42 bits per heavy atom. The normalized spacial score (nSPS) is 12.3. The van der Waals surface area contributed by atoms with E-state index in [1.165, 1.54) is 6.07 Å². The molecule has 0 fully saturated rings. The minimum atomic E-state index is -0.608. The third-order valence-electron chi connectivity index (χ3n) is 6.36. The van der Waals surface area contributed by atoms with E-state index < -0.39 is 16.9 Å². The van der Waals surface area contributed by atoms with E-state index in [0.29, 0.717) is 11.1 Å². The Labute approximate surface area is 222 Å². The van der Waals surface area contributed by atoms with Crippen molar-refractivity contribution in [3.8, 4) is 23.0 Å². The van der Waals surface area contributed by atoms with Crippen molar-refractivity contribution in [2.24, 2.45) is 0 Å². The number of fused-ring (bicyclic) bond motifs is 2. The molecule has 0 saturated heterocycles. The summed E-state index contributed by atoms with van der Waals surface area (Å²) in [6, 6.07) is 1.41. The molecule has 5 N–H and O–H groups in total. The molecule has 38 heavy (non-hydrogen) atoms. The number of aliphatic hydroxyl groups excluding tert-OH is 1. The SMILES string of the molecule is CC(C)=CCc1c(O)c(C/C=C(\C)C=C(C)C)c(O)c2c(=O)c3cc(C/C=C(\C)CO)c(O)c(O)c3oc12. The van der Waals surface area contributed by atoms with Gasteiger partial charge in [0, 0.05) is 16.7 Å². The van der Waals surface area contributed by atoms with Crippen LogP contribution in [-0.4, -0.2) is 32.1 Å². The molecule has 0 aliphatic carbocycles. The van der Waals surface area contributed by atoms with E-state index in [1.807, 2.05) is 52.8 Å². The van der Waals surface area contributed by atoms with Crippen LogP contribution in [0.4, 0.5) is 0 Å². The number of rotatable bonds is 8. The van der Waals surface area contributed by atoms with Crippen molar-refractivity contribution in [1.82, 2.24) is 0 Å². The molecular weight excluding hydrogens is 484 g/mol. The lowest BCUT2D eigenvalue weighted by Crippen LogP contribution is -2.07. The molecule has 0 amide bonds. The zero-order valence-corrected chi connectivity index (χ0v) is 22.8. The van der Waals surface area contributed by atoms with E-state index in [4.69, 9.17) is 4.42 Å². The molecule has 0 aliphatic heterocycles. The van der Waals surface area contributed by atoms with Gasteiger partial charge in [-0.2, -0.15) is 0 Å². The van der Waals surface area contributed by atoms with Crippen LogP contribution < -0.4 is 5.43 Å². The summed E-state index contributed by atoms with van der Waals surface area (Å²) in [5.41, 5.74) is 3.55. The van der Waals surface area contributed by atoms with Gasteiger partial charge >= 0.3 is 0 Å². The van der Waals surface area contributed by atoms with E-state index in [0.717, 1.165) is 16.7 Å². The first-order valence-electron chi connectivity index (χ1n) is 12.5. The van der Waals surface area contributed by atoms with Gasteiger partial charge in [-0.25, -0.2) is 0 Å². The van der Waals surface area contributed by atoms with Crippen LogP contribution in [0.15, 0.2) is 61.9 Å². The largest absolute Gasteiger partial charge is 0.507 e. The molecular formula is C31H36O7. The number of phenols is 4. The average Bonchev–Trinajstić information content (AvgIpc) is 2.84. The fourth-order valence-electron chi connectivity index (χ4n) is 4.31. The quantitative estimate of drug-likeness (QED) is 0.103. The molecule has 0 aliphatic rings. The summed E-state index contributed by atoms with van der Waals surface area (Å²) in [5, 5.41) is 53.0. The fourth-order valence-corrected chi connectivity index (χ4v) is 4.31. The molecule has 0 saturated carbocycles. The summed E-state index contributed by atoms with van der Waals surface area (Å²) < 4.78 is 5.96. The summed E-state index contributed by atoms with van der Waals surface area (Å²) in [5.74, 6) is -1.64. The first-order valence-corrected chi connectivity index (χ1v) is 12.5. The number of aliphatic hydroxyl groups is 1. The molecule has 2 aromatic carbocycles. The summed E-state index contributed by atoms with van der Waals surface area (Å²) >= 11 is 0. The molecule has 202 valence electrons. The predicted molar refractivity (Wildman–Crippen MR) is 151 cm³/mol. The van der Waals surface area contributed by atoms with Crippen molar-refractivity contribution < 1.29 is 29.9 Å². The third-order valence-corrected chi connectivity index (χ3v) is 6.36. The Kier molecular flexibility index (Phi) is 8.74. The maximum atomic E-state index is 13.8. The number of allylic oxidation sites excluding steroid dienone is 7. The van der Waals surface area contributed by atoms with Gasteiger partial charge < -0.3 is 29.9 Å². The summed E-state index contributed by atoms with van der Waals surface area (Å²) in [6.45, 7) is 11.2. The number of hydrogen-bond donors (Lipinski definition) is 5. The second kappa shape index (κ2) is 11.6. The molecule has 3 rings (SSSR count). The Bertz CT molecular complexity index is 1570. The van der Waals surface area contributed by atoms with Crippen molar-refractivity contribution in [1.29, 1.82) is 0 Å². The van der Waals surface area contributed by atoms with Crippen LogP contribution >= 0.6 is 0 Å². The molecule has 7 heteroatoms. The van der Waals surface area contributed by atoms with E-state index in [-0.39, 0.29) is 70.4 Å². The smallest absolute Gasteiger partial charge is 0.204 e. The Morgan fingerprint density at radius 1 is 0.763 bits per heavy atom. The summed E-state index contributed by atoms with van der Waals surface area (Å²) in [6.07, 6.45) is 7.93. The van der Waals surface area contributed by atoms with Crippen LogP contribution in [0.1, 0.15) is 58.2 Å². The highest BCUT2D eigenvalue weighted by atomic mass is 16.4. The van der Waals surface area contributed by atoms with Crippen molar-refractivity contribution in [3.63, 3.8) is 0 Å². The maximum absolute atomic E-state index is 13.8. The maximum Gasteiger partial charge on any atom is 0.204 e. The van der Waals surface area contributed by atoms with Crippen LogP contribution in [0.2, 0.25) is 0 Å². The van der Waals surface area contributed by atoms with Crippen molar-refractivity contribution in [3.05, 3.63) is 79.6 Å². The van der Waals surface area contributed by atoms with Crippen LogP contribution in [0, 0.1) is 0 Å². The van der Waals surface area contributed by atoms with Gasteiger partial charge in [-0.3, -0.25) is 4.79 Å². The van der Waals surface area contributed by atoms with Gasteiger partial charge in [0.2, 0.25) is 11.2 Å². The molecule has 0 atom stereocenters. The zero-order chi connectivity index (χ0) is 28.3. The van der Waals surface area contributed by atoms with Crippen LogP contribution in [-0.2, 0) is 19.3 Å². The molecule has 3 aromatic rings. The minimum absolute atomic E-state index is 0.0192. The van der Waals surface area contributed by atoms with Crippen LogP contribution in [0.25, 0.3) is 21.9 Å². The van der Waals surface area contributed by atoms with Gasteiger partial charge in [-0.1, -0.05) is 46.6 Å². The Morgan fingerprint density at radius 3 is 2.03 bits per heavy atom. The fraction of sp³-hybridized carbons (Fsp3) is 0.323. The van der Waals surface area contributed by atoms with E-state index in [2.05, 4.69) is 0 Å². The lowest BCUT2D eigenvalue weighted by Gasteiger charge is -2.16. The number of phenolic OH excluding ortho intramolecular Hbond substituents is 4. The van der Waals surface area contributed by atoms with E-state index >= 15 is 0 Å². The average molecular weight is 521 g/mol. The van der Waals surface area contributed by atoms with Crippen LogP contribution in [0.3, 0.4) is 0 Å². The van der Waals surface area contributed by atoms with Crippen LogP contribution in [0.5, 0.6) is 23.0 Å². The first kappa shape index (κ1) is 28.6. The van der Waals surface area contributed by atoms with Gasteiger partial charge in [-0.05, 0) is 66.9 Å². The monoisotopic (exact) mass is 520 g/mol. The third kappa shape index (κ3) is 5.78.